The number of carbonyl (C=O) groups excluding carboxylic acids is 1. The van der Waals surface area contributed by atoms with E-state index < -0.39 is 36.9 Å². The van der Waals surface area contributed by atoms with Crippen LogP contribution in [0, 0.1) is 0 Å². The number of aromatic nitrogens is 2. The second kappa shape index (κ2) is 8.89. The molecule has 160 valence electrons. The number of Topliss-reactive ketones (excluding diaryl/α,β-unsaturated/α-hetero) is 1. The van der Waals surface area contributed by atoms with Crippen molar-refractivity contribution in [2.45, 2.75) is 31.0 Å². The Morgan fingerprint density at radius 1 is 1.06 bits per heavy atom. The number of nitrogens with zero attached hydrogens (tertiary/aromatic N) is 2. The standard InChI is InChI=1S/C23H21FN2O5/c24-20-21(29)19(13-27)31-22(20)26-11-10-17(25-23(26)30)12-18(28)16-8-6-15(7-9-16)14-4-2-1-3-5-14/h1-11,19-22,27,29H,12-13H2/t19-,20-,21-,22-/m1/s1. The summed E-state index contributed by atoms with van der Waals surface area (Å²) in [4.78, 5) is 28.8. The van der Waals surface area contributed by atoms with E-state index in [1.165, 1.54) is 12.3 Å². The van der Waals surface area contributed by atoms with E-state index >= 15 is 0 Å². The number of aliphatic hydroxyl groups is 2. The molecule has 0 unspecified atom stereocenters. The minimum Gasteiger partial charge on any atom is -0.394 e. The zero-order chi connectivity index (χ0) is 22.0. The first-order valence-corrected chi connectivity index (χ1v) is 9.83. The van der Waals surface area contributed by atoms with Crippen molar-refractivity contribution in [3.8, 4) is 11.1 Å². The molecule has 2 heterocycles. The van der Waals surface area contributed by atoms with E-state index in [0.717, 1.165) is 15.7 Å². The van der Waals surface area contributed by atoms with Crippen LogP contribution in [0.1, 0.15) is 22.3 Å². The first-order chi connectivity index (χ1) is 15.0. The van der Waals surface area contributed by atoms with E-state index in [1.54, 1.807) is 12.1 Å². The number of halogens is 1. The Labute approximate surface area is 177 Å². The number of hydrogen-bond acceptors (Lipinski definition) is 6. The average Bonchev–Trinajstić information content (AvgIpc) is 3.08. The monoisotopic (exact) mass is 424 g/mol. The summed E-state index contributed by atoms with van der Waals surface area (Å²) in [7, 11) is 0. The Bertz CT molecular complexity index is 1120. The molecular weight excluding hydrogens is 403 g/mol. The Hall–Kier alpha value is -3.20. The molecule has 0 saturated carbocycles. The van der Waals surface area contributed by atoms with Gasteiger partial charge in [0.25, 0.3) is 0 Å². The van der Waals surface area contributed by atoms with Crippen molar-refractivity contribution in [2.24, 2.45) is 0 Å². The lowest BCUT2D eigenvalue weighted by atomic mass is 10.0. The van der Waals surface area contributed by atoms with Gasteiger partial charge in [-0.05, 0) is 17.2 Å². The van der Waals surface area contributed by atoms with Crippen LogP contribution in [0.15, 0.2) is 71.7 Å². The predicted octanol–water partition coefficient (Wildman–Crippen LogP) is 1.92. The van der Waals surface area contributed by atoms with Gasteiger partial charge in [0.1, 0.15) is 12.2 Å². The van der Waals surface area contributed by atoms with Crippen molar-refractivity contribution in [1.82, 2.24) is 9.55 Å². The topological polar surface area (TPSA) is 102 Å². The van der Waals surface area contributed by atoms with Crippen molar-refractivity contribution >= 4 is 5.78 Å². The molecule has 4 atom stereocenters. The second-order valence-electron chi connectivity index (χ2n) is 7.33. The highest BCUT2D eigenvalue weighted by Gasteiger charge is 2.45. The predicted molar refractivity (Wildman–Crippen MR) is 110 cm³/mol. The van der Waals surface area contributed by atoms with E-state index in [-0.39, 0.29) is 17.9 Å². The average molecular weight is 424 g/mol. The van der Waals surface area contributed by atoms with Gasteiger partial charge in [-0.3, -0.25) is 9.36 Å². The van der Waals surface area contributed by atoms with E-state index in [0.29, 0.717) is 5.56 Å². The molecule has 0 aliphatic carbocycles. The molecule has 7 nitrogen and oxygen atoms in total. The summed E-state index contributed by atoms with van der Waals surface area (Å²) in [5.74, 6) is -0.208. The molecule has 0 amide bonds. The van der Waals surface area contributed by atoms with Crippen LogP contribution in [0.5, 0.6) is 0 Å². The van der Waals surface area contributed by atoms with Crippen molar-refractivity contribution < 1.29 is 24.1 Å². The molecule has 0 bridgehead atoms. The van der Waals surface area contributed by atoms with Crippen molar-refractivity contribution in [3.05, 3.63) is 88.6 Å². The van der Waals surface area contributed by atoms with Crippen LogP contribution < -0.4 is 5.69 Å². The maximum absolute atomic E-state index is 14.2. The Kier molecular flexibility index (Phi) is 6.03. The van der Waals surface area contributed by atoms with Gasteiger partial charge in [-0.25, -0.2) is 9.18 Å². The van der Waals surface area contributed by atoms with Gasteiger partial charge in [0.05, 0.1) is 18.7 Å². The number of ether oxygens (including phenoxy) is 1. The third-order valence-corrected chi connectivity index (χ3v) is 5.29. The third kappa shape index (κ3) is 4.32. The molecule has 1 aliphatic heterocycles. The van der Waals surface area contributed by atoms with Gasteiger partial charge in [0.15, 0.2) is 18.2 Å². The molecule has 4 rings (SSSR count). The van der Waals surface area contributed by atoms with E-state index in [1.807, 2.05) is 42.5 Å². The molecule has 2 N–H and O–H groups in total. The molecule has 0 radical (unpaired) electrons. The fraction of sp³-hybridized carbons (Fsp3) is 0.261. The maximum atomic E-state index is 14.2. The van der Waals surface area contributed by atoms with Gasteiger partial charge in [0, 0.05) is 11.8 Å². The van der Waals surface area contributed by atoms with E-state index in [4.69, 9.17) is 9.84 Å². The normalized spacial score (nSPS) is 23.1. The number of aliphatic hydroxyl groups excluding tert-OH is 2. The van der Waals surface area contributed by atoms with E-state index in [2.05, 4.69) is 4.98 Å². The molecule has 31 heavy (non-hydrogen) atoms. The first kappa shape index (κ1) is 21.0. The number of benzene rings is 2. The molecule has 3 aromatic rings. The molecule has 1 saturated heterocycles. The highest BCUT2D eigenvalue weighted by Crippen LogP contribution is 2.30. The Morgan fingerprint density at radius 3 is 2.35 bits per heavy atom. The highest BCUT2D eigenvalue weighted by atomic mass is 19.1. The second-order valence-corrected chi connectivity index (χ2v) is 7.33. The Morgan fingerprint density at radius 2 is 1.74 bits per heavy atom. The van der Waals surface area contributed by atoms with Crippen LogP contribution in [-0.4, -0.2) is 50.5 Å². The van der Waals surface area contributed by atoms with Crippen LogP contribution in [0.2, 0.25) is 0 Å². The zero-order valence-corrected chi connectivity index (χ0v) is 16.5. The van der Waals surface area contributed by atoms with Crippen molar-refractivity contribution in [1.29, 1.82) is 0 Å². The number of carbonyl (C=O) groups is 1. The van der Waals surface area contributed by atoms with Crippen molar-refractivity contribution in [2.75, 3.05) is 6.61 Å². The lowest BCUT2D eigenvalue weighted by molar-refractivity contribution is -0.0491. The maximum Gasteiger partial charge on any atom is 0.350 e. The van der Waals surface area contributed by atoms with Gasteiger partial charge in [-0.15, -0.1) is 0 Å². The van der Waals surface area contributed by atoms with Crippen LogP contribution in [0.25, 0.3) is 11.1 Å². The largest absolute Gasteiger partial charge is 0.394 e. The number of rotatable bonds is 6. The Balaban J connectivity index is 1.47. The fourth-order valence-electron chi connectivity index (χ4n) is 3.56. The highest BCUT2D eigenvalue weighted by molar-refractivity contribution is 5.97. The summed E-state index contributed by atoms with van der Waals surface area (Å²) >= 11 is 0. The zero-order valence-electron chi connectivity index (χ0n) is 16.5. The lowest BCUT2D eigenvalue weighted by Gasteiger charge is -2.15. The fourth-order valence-corrected chi connectivity index (χ4v) is 3.56. The quantitative estimate of drug-likeness (QED) is 0.587. The van der Waals surface area contributed by atoms with Gasteiger partial charge < -0.3 is 14.9 Å². The molecule has 0 spiro atoms. The summed E-state index contributed by atoms with van der Waals surface area (Å²) in [6, 6.07) is 18.4. The summed E-state index contributed by atoms with van der Waals surface area (Å²) in [5, 5.41) is 18.9. The van der Waals surface area contributed by atoms with Crippen molar-refractivity contribution in [3.63, 3.8) is 0 Å². The molecule has 8 heteroatoms. The summed E-state index contributed by atoms with van der Waals surface area (Å²) in [5.41, 5.74) is 1.95. The van der Waals surface area contributed by atoms with Gasteiger partial charge >= 0.3 is 5.69 Å². The smallest absolute Gasteiger partial charge is 0.350 e. The van der Waals surface area contributed by atoms with Crippen LogP contribution in [0.4, 0.5) is 4.39 Å². The van der Waals surface area contributed by atoms with Gasteiger partial charge in [-0.2, -0.15) is 4.98 Å². The van der Waals surface area contributed by atoms with Crippen LogP contribution in [0.3, 0.4) is 0 Å². The molecule has 1 aromatic heterocycles. The third-order valence-electron chi connectivity index (χ3n) is 5.29. The summed E-state index contributed by atoms with van der Waals surface area (Å²) in [6.07, 6.45) is -4.74. The SMILES string of the molecule is O=C(Cc1ccn([C@@H]2O[C@H](CO)[C@@H](O)[C@H]2F)c(=O)n1)c1ccc(-c2ccccc2)cc1. The van der Waals surface area contributed by atoms with Gasteiger partial charge in [0.2, 0.25) is 0 Å². The lowest BCUT2D eigenvalue weighted by Crippen LogP contribution is -2.33. The number of ketones is 1. The molecule has 1 fully saturated rings. The van der Waals surface area contributed by atoms with Gasteiger partial charge in [-0.1, -0.05) is 54.6 Å². The number of alkyl halides is 1. The minimum absolute atomic E-state index is 0.0900. The summed E-state index contributed by atoms with van der Waals surface area (Å²) < 4.78 is 20.4. The minimum atomic E-state index is -1.88. The van der Waals surface area contributed by atoms with E-state index in [9.17, 15) is 19.1 Å². The van der Waals surface area contributed by atoms with Crippen LogP contribution >= 0.6 is 0 Å². The molecule has 2 aromatic carbocycles. The molecule has 1 aliphatic rings. The summed E-state index contributed by atoms with van der Waals surface area (Å²) in [6.45, 7) is -0.573. The first-order valence-electron chi connectivity index (χ1n) is 9.83. The molecular formula is C23H21FN2O5. The van der Waals surface area contributed by atoms with Crippen LogP contribution in [-0.2, 0) is 11.2 Å². The number of hydrogen-bond donors (Lipinski definition) is 2.